The van der Waals surface area contributed by atoms with E-state index in [0.717, 1.165) is 50.9 Å². The maximum Gasteiger partial charge on any atom is 0.194 e. The molecule has 7 heteroatoms. The van der Waals surface area contributed by atoms with E-state index >= 15 is 0 Å². The summed E-state index contributed by atoms with van der Waals surface area (Å²) in [5.41, 5.74) is 2.24. The number of guanidine groups is 1. The summed E-state index contributed by atoms with van der Waals surface area (Å²) < 4.78 is 7.01. The molecule has 2 aromatic rings. The molecule has 0 atom stereocenters. The van der Waals surface area contributed by atoms with Gasteiger partial charge in [0.15, 0.2) is 5.96 Å². The first-order chi connectivity index (χ1) is 11.3. The van der Waals surface area contributed by atoms with Gasteiger partial charge in [-0.25, -0.2) is 0 Å². The summed E-state index contributed by atoms with van der Waals surface area (Å²) in [7, 11) is 3.90. The zero-order chi connectivity index (χ0) is 16.1. The molecule has 2 aromatic heterocycles. The van der Waals surface area contributed by atoms with Gasteiger partial charge in [-0.15, -0.1) is 0 Å². The zero-order valence-corrected chi connectivity index (χ0v) is 13.8. The molecule has 0 unspecified atom stereocenters. The van der Waals surface area contributed by atoms with E-state index in [1.807, 2.05) is 13.1 Å². The predicted molar refractivity (Wildman–Crippen MR) is 89.0 cm³/mol. The maximum absolute atomic E-state index is 4.89. The van der Waals surface area contributed by atoms with E-state index in [1.165, 1.54) is 5.69 Å². The van der Waals surface area contributed by atoms with E-state index in [4.69, 9.17) is 4.52 Å². The van der Waals surface area contributed by atoms with Gasteiger partial charge in [0.05, 0.1) is 12.2 Å². The minimum Gasteiger partial charge on any atom is -0.364 e. The molecule has 1 saturated heterocycles. The van der Waals surface area contributed by atoms with E-state index in [2.05, 4.69) is 55.2 Å². The number of piperazine rings is 1. The van der Waals surface area contributed by atoms with Crippen LogP contribution in [0.2, 0.25) is 0 Å². The maximum atomic E-state index is 4.89. The van der Waals surface area contributed by atoms with Crippen molar-refractivity contribution in [3.63, 3.8) is 0 Å². The summed E-state index contributed by atoms with van der Waals surface area (Å²) in [5, 5.41) is 7.43. The first kappa shape index (κ1) is 15.6. The van der Waals surface area contributed by atoms with Crippen molar-refractivity contribution >= 4 is 5.96 Å². The smallest absolute Gasteiger partial charge is 0.194 e. The van der Waals surface area contributed by atoms with E-state index < -0.39 is 0 Å². The molecule has 124 valence electrons. The molecule has 0 aliphatic carbocycles. The summed E-state index contributed by atoms with van der Waals surface area (Å²) in [6.45, 7) is 5.56. The predicted octanol–water partition coefficient (Wildman–Crippen LogP) is 0.906. The van der Waals surface area contributed by atoms with Gasteiger partial charge in [0.2, 0.25) is 0 Å². The topological polar surface area (TPSA) is 61.8 Å². The molecule has 7 nitrogen and oxygen atoms in total. The largest absolute Gasteiger partial charge is 0.364 e. The number of aromatic nitrogens is 2. The number of hydrogen-bond acceptors (Lipinski definition) is 4. The lowest BCUT2D eigenvalue weighted by atomic mass is 10.3. The number of rotatable bonds is 4. The normalized spacial score (nSPS) is 16.8. The van der Waals surface area contributed by atoms with Crippen molar-refractivity contribution in [2.24, 2.45) is 12.0 Å². The lowest BCUT2D eigenvalue weighted by Crippen LogP contribution is -2.52. The van der Waals surface area contributed by atoms with E-state index in [0.29, 0.717) is 0 Å². The number of hydrogen-bond donors (Lipinski definition) is 1. The van der Waals surface area contributed by atoms with Crippen molar-refractivity contribution in [1.82, 2.24) is 24.8 Å². The fraction of sp³-hybridized carbons (Fsp3) is 0.500. The monoisotopic (exact) mass is 316 g/mol. The molecule has 3 heterocycles. The van der Waals surface area contributed by atoms with Gasteiger partial charge >= 0.3 is 0 Å². The molecule has 0 spiro atoms. The third kappa shape index (κ3) is 3.92. The van der Waals surface area contributed by atoms with Crippen molar-refractivity contribution in [2.75, 3.05) is 33.2 Å². The van der Waals surface area contributed by atoms with Gasteiger partial charge in [-0.1, -0.05) is 5.16 Å². The van der Waals surface area contributed by atoms with Gasteiger partial charge in [-0.05, 0) is 12.1 Å². The third-order valence-corrected chi connectivity index (χ3v) is 4.24. The fourth-order valence-electron chi connectivity index (χ4n) is 2.85. The molecule has 1 fully saturated rings. The number of aryl methyl sites for hydroxylation is 1. The Balaban J connectivity index is 1.48. The minimum absolute atomic E-state index is 0.787. The highest BCUT2D eigenvalue weighted by Gasteiger charge is 2.20. The number of aliphatic imine (C=N–C) groups is 1. The van der Waals surface area contributed by atoms with Crippen LogP contribution >= 0.6 is 0 Å². The Bertz CT molecular complexity index is 625. The Labute approximate surface area is 136 Å². The van der Waals surface area contributed by atoms with Gasteiger partial charge in [-0.2, -0.15) is 0 Å². The van der Waals surface area contributed by atoms with Crippen LogP contribution in [0.5, 0.6) is 0 Å². The van der Waals surface area contributed by atoms with Crippen molar-refractivity contribution in [3.05, 3.63) is 42.0 Å². The summed E-state index contributed by atoms with van der Waals surface area (Å²) in [6, 6.07) is 6.10. The summed E-state index contributed by atoms with van der Waals surface area (Å²) in [6.07, 6.45) is 3.68. The van der Waals surface area contributed by atoms with Crippen molar-refractivity contribution in [1.29, 1.82) is 0 Å². The van der Waals surface area contributed by atoms with Crippen LogP contribution in [0.15, 0.2) is 40.2 Å². The van der Waals surface area contributed by atoms with Crippen LogP contribution in [-0.2, 0) is 20.1 Å². The Morgan fingerprint density at radius 2 is 2.13 bits per heavy atom. The highest BCUT2D eigenvalue weighted by Crippen LogP contribution is 2.07. The average molecular weight is 316 g/mol. The SMILES string of the molecule is CN=C(NCc1cccn1C)N1CCN(Cc2ccon2)CC1. The van der Waals surface area contributed by atoms with E-state index in [9.17, 15) is 0 Å². The Hall–Kier alpha value is -2.28. The molecule has 0 saturated carbocycles. The summed E-state index contributed by atoms with van der Waals surface area (Å²) in [4.78, 5) is 9.11. The molecule has 0 aromatic carbocycles. The molecular weight excluding hydrogens is 292 g/mol. The molecule has 1 aliphatic heterocycles. The molecule has 1 N–H and O–H groups in total. The Kier molecular flexibility index (Phi) is 4.97. The standard InChI is InChI=1S/C16H24N6O/c1-17-16(18-12-15-4-3-6-20(15)2)22-9-7-21(8-10-22)13-14-5-11-23-19-14/h3-6,11H,7-10,12-13H2,1-2H3,(H,17,18). The van der Waals surface area contributed by atoms with Crippen molar-refractivity contribution < 1.29 is 4.52 Å². The van der Waals surface area contributed by atoms with Crippen LogP contribution in [0.3, 0.4) is 0 Å². The second-order valence-corrected chi connectivity index (χ2v) is 5.77. The van der Waals surface area contributed by atoms with Gasteiger partial charge < -0.3 is 19.3 Å². The molecule has 3 rings (SSSR count). The van der Waals surface area contributed by atoms with Crippen LogP contribution in [0, 0.1) is 0 Å². The van der Waals surface area contributed by atoms with E-state index in [-0.39, 0.29) is 0 Å². The van der Waals surface area contributed by atoms with Crippen LogP contribution in [0.1, 0.15) is 11.4 Å². The lowest BCUT2D eigenvalue weighted by molar-refractivity contribution is 0.169. The second-order valence-electron chi connectivity index (χ2n) is 5.77. The quantitative estimate of drug-likeness (QED) is 0.671. The zero-order valence-electron chi connectivity index (χ0n) is 13.8. The minimum atomic E-state index is 0.787. The Morgan fingerprint density at radius 1 is 1.30 bits per heavy atom. The molecule has 1 aliphatic rings. The second kappa shape index (κ2) is 7.32. The molecule has 0 amide bonds. The van der Waals surface area contributed by atoms with Crippen molar-refractivity contribution in [2.45, 2.75) is 13.1 Å². The van der Waals surface area contributed by atoms with Gasteiger partial charge in [0.1, 0.15) is 6.26 Å². The lowest BCUT2D eigenvalue weighted by Gasteiger charge is -2.36. The first-order valence-corrected chi connectivity index (χ1v) is 7.93. The summed E-state index contributed by atoms with van der Waals surface area (Å²) >= 11 is 0. The van der Waals surface area contributed by atoms with E-state index in [1.54, 1.807) is 6.26 Å². The molecule has 23 heavy (non-hydrogen) atoms. The van der Waals surface area contributed by atoms with Crippen LogP contribution in [0.25, 0.3) is 0 Å². The number of nitrogens with one attached hydrogen (secondary N) is 1. The van der Waals surface area contributed by atoms with Gasteiger partial charge in [0.25, 0.3) is 0 Å². The van der Waals surface area contributed by atoms with Crippen LogP contribution < -0.4 is 5.32 Å². The fourth-order valence-corrected chi connectivity index (χ4v) is 2.85. The van der Waals surface area contributed by atoms with Gasteiger partial charge in [-0.3, -0.25) is 9.89 Å². The summed E-state index contributed by atoms with van der Waals surface area (Å²) in [5.74, 6) is 0.965. The first-order valence-electron chi connectivity index (χ1n) is 7.93. The Morgan fingerprint density at radius 3 is 2.74 bits per heavy atom. The average Bonchev–Trinajstić information content (AvgIpc) is 3.21. The highest BCUT2D eigenvalue weighted by atomic mass is 16.5. The van der Waals surface area contributed by atoms with Gasteiger partial charge in [0, 0.05) is 64.8 Å². The third-order valence-electron chi connectivity index (χ3n) is 4.24. The number of nitrogens with zero attached hydrogens (tertiary/aromatic N) is 5. The molecular formula is C16H24N6O. The van der Waals surface area contributed by atoms with Crippen LogP contribution in [0.4, 0.5) is 0 Å². The van der Waals surface area contributed by atoms with Crippen LogP contribution in [-0.4, -0.2) is 58.7 Å². The molecule has 0 radical (unpaired) electrons. The van der Waals surface area contributed by atoms with Crippen molar-refractivity contribution in [3.8, 4) is 0 Å². The molecule has 0 bridgehead atoms. The highest BCUT2D eigenvalue weighted by molar-refractivity contribution is 5.79.